The molecule has 13 heteroatoms. The van der Waals surface area contributed by atoms with Crippen LogP contribution in [0.2, 0.25) is 0 Å². The summed E-state index contributed by atoms with van der Waals surface area (Å²) in [6, 6.07) is 6.99. The fraction of sp³-hybridized carbons (Fsp3) is 0.360. The van der Waals surface area contributed by atoms with E-state index in [1.54, 1.807) is 37.3 Å². The van der Waals surface area contributed by atoms with Crippen LogP contribution < -0.4 is 31.2 Å². The Morgan fingerprint density at radius 1 is 1.16 bits per heavy atom. The van der Waals surface area contributed by atoms with E-state index in [4.69, 9.17) is 30.1 Å². The van der Waals surface area contributed by atoms with Crippen molar-refractivity contribution in [2.24, 2.45) is 5.73 Å². The summed E-state index contributed by atoms with van der Waals surface area (Å²) in [4.78, 5) is 40.8. The smallest absolute Gasteiger partial charge is 0.273 e. The van der Waals surface area contributed by atoms with Crippen LogP contribution in [-0.4, -0.2) is 54.6 Å². The van der Waals surface area contributed by atoms with E-state index < -0.39 is 23.8 Å². The van der Waals surface area contributed by atoms with Crippen LogP contribution in [0.25, 0.3) is 0 Å². The van der Waals surface area contributed by atoms with Crippen LogP contribution in [0.4, 0.5) is 11.4 Å². The van der Waals surface area contributed by atoms with Gasteiger partial charge in [-0.15, -0.1) is 0 Å². The highest BCUT2D eigenvalue weighted by Crippen LogP contribution is 2.39. The molecule has 1 fully saturated rings. The molecule has 0 aliphatic carbocycles. The maximum absolute atomic E-state index is 14.1. The van der Waals surface area contributed by atoms with Crippen LogP contribution in [0.5, 0.6) is 11.5 Å². The first-order chi connectivity index (χ1) is 18.3. The topological polar surface area (TPSA) is 172 Å². The zero-order chi connectivity index (χ0) is 26.8. The fourth-order valence-electron chi connectivity index (χ4n) is 4.39. The Morgan fingerprint density at radius 2 is 1.95 bits per heavy atom. The number of nitrogen functional groups attached to an aromatic ring is 1. The number of carbonyl (C=O) groups is 3. The van der Waals surface area contributed by atoms with Crippen molar-refractivity contribution in [3.63, 3.8) is 0 Å². The highest BCUT2D eigenvalue weighted by Gasteiger charge is 2.38. The van der Waals surface area contributed by atoms with E-state index in [9.17, 15) is 14.4 Å². The number of fused-ring (bicyclic) bond motifs is 1. The average Bonchev–Trinajstić information content (AvgIpc) is 3.66. The molecule has 2 aliphatic rings. The van der Waals surface area contributed by atoms with Gasteiger partial charge >= 0.3 is 0 Å². The lowest BCUT2D eigenvalue weighted by molar-refractivity contribution is -0.123. The van der Waals surface area contributed by atoms with Gasteiger partial charge in [0.05, 0.1) is 11.8 Å². The zero-order valence-corrected chi connectivity index (χ0v) is 21.4. The number of nitrogens with one attached hydrogen (secondary N) is 1. The van der Waals surface area contributed by atoms with Gasteiger partial charge in [-0.1, -0.05) is 0 Å². The standard InChI is InChI=1S/C25H27N5O7S/c1-13-4-6-17(37-13)21(24(32)28-12-15-3-2-8-34-15)30(14-5-7-16-18(11-14)36-10-9-35-16)25(33)22-19(26)20(23(27)31)29-38-22/h4-7,11,15,21H,2-3,8-10,12,26H2,1H3,(H2,27,31)(H,28,32). The largest absolute Gasteiger partial charge is 0.486 e. The summed E-state index contributed by atoms with van der Waals surface area (Å²) in [5, 5.41) is 2.90. The van der Waals surface area contributed by atoms with Gasteiger partial charge in [-0.05, 0) is 55.6 Å². The van der Waals surface area contributed by atoms with Crippen LogP contribution in [0.1, 0.15) is 50.6 Å². The molecule has 5 N–H and O–H groups in total. The molecule has 3 aromatic rings. The lowest BCUT2D eigenvalue weighted by Crippen LogP contribution is -2.45. The predicted molar refractivity (Wildman–Crippen MR) is 137 cm³/mol. The third kappa shape index (κ3) is 5.02. The first-order valence-corrected chi connectivity index (χ1v) is 12.8. The first kappa shape index (κ1) is 25.5. The Kier molecular flexibility index (Phi) is 7.20. The lowest BCUT2D eigenvalue weighted by Gasteiger charge is -2.31. The van der Waals surface area contributed by atoms with Crippen molar-refractivity contribution in [2.75, 3.05) is 37.0 Å². The number of anilines is 2. The number of hydrogen-bond donors (Lipinski definition) is 3. The second-order valence-corrected chi connectivity index (χ2v) is 9.65. The van der Waals surface area contributed by atoms with Gasteiger partial charge in [0.2, 0.25) is 0 Å². The van der Waals surface area contributed by atoms with E-state index in [1.807, 2.05) is 0 Å². The van der Waals surface area contributed by atoms with Crippen LogP contribution in [0.15, 0.2) is 34.7 Å². The second-order valence-electron chi connectivity index (χ2n) is 8.87. The Labute approximate surface area is 222 Å². The highest BCUT2D eigenvalue weighted by molar-refractivity contribution is 7.09. The number of carbonyl (C=O) groups excluding carboxylic acids is 3. The van der Waals surface area contributed by atoms with E-state index in [0.717, 1.165) is 24.4 Å². The number of aromatic nitrogens is 1. The lowest BCUT2D eigenvalue weighted by atomic mass is 10.1. The van der Waals surface area contributed by atoms with Crippen LogP contribution in [-0.2, 0) is 9.53 Å². The van der Waals surface area contributed by atoms with Crippen LogP contribution in [0, 0.1) is 6.92 Å². The molecule has 38 heavy (non-hydrogen) atoms. The predicted octanol–water partition coefficient (Wildman–Crippen LogP) is 2.18. The number of furan rings is 1. The molecule has 200 valence electrons. The van der Waals surface area contributed by atoms with Crippen LogP contribution >= 0.6 is 11.5 Å². The number of rotatable bonds is 8. The Morgan fingerprint density at radius 3 is 2.61 bits per heavy atom. The second kappa shape index (κ2) is 10.7. The Balaban J connectivity index is 1.59. The maximum atomic E-state index is 14.1. The highest BCUT2D eigenvalue weighted by atomic mass is 32.1. The molecule has 0 bridgehead atoms. The molecular formula is C25H27N5O7S. The van der Waals surface area contributed by atoms with Gasteiger partial charge in [0, 0.05) is 24.9 Å². The van der Waals surface area contributed by atoms with Crippen molar-refractivity contribution < 1.29 is 33.0 Å². The number of nitrogens with two attached hydrogens (primary N) is 2. The Bertz CT molecular complexity index is 1360. The van der Waals surface area contributed by atoms with Crippen molar-refractivity contribution >= 4 is 40.6 Å². The summed E-state index contributed by atoms with van der Waals surface area (Å²) < 4.78 is 26.8. The van der Waals surface area contributed by atoms with Crippen molar-refractivity contribution in [1.82, 2.24) is 9.69 Å². The first-order valence-electron chi connectivity index (χ1n) is 12.1. The molecule has 0 saturated carbocycles. The minimum atomic E-state index is -1.24. The molecule has 0 spiro atoms. The number of ether oxygens (including phenoxy) is 3. The summed E-state index contributed by atoms with van der Waals surface area (Å²) in [6.07, 6.45) is 1.62. The van der Waals surface area contributed by atoms with Gasteiger partial charge in [-0.3, -0.25) is 19.3 Å². The van der Waals surface area contributed by atoms with Crippen molar-refractivity contribution in [1.29, 1.82) is 0 Å². The SMILES string of the molecule is Cc1ccc(C(C(=O)NCC2CCCO2)N(C(=O)c2snc(C(N)=O)c2N)c2ccc3c(c2)OCCO3)o1. The molecule has 2 unspecified atom stereocenters. The fourth-order valence-corrected chi connectivity index (χ4v) is 5.14. The number of benzene rings is 1. The summed E-state index contributed by atoms with van der Waals surface area (Å²) >= 11 is 0.722. The summed E-state index contributed by atoms with van der Waals surface area (Å²) in [7, 11) is 0. The van der Waals surface area contributed by atoms with Gasteiger partial charge in [-0.2, -0.15) is 4.37 Å². The summed E-state index contributed by atoms with van der Waals surface area (Å²) in [5.74, 6) is -0.318. The van der Waals surface area contributed by atoms with Gasteiger partial charge in [0.25, 0.3) is 17.7 Å². The minimum Gasteiger partial charge on any atom is -0.486 e. The summed E-state index contributed by atoms with van der Waals surface area (Å²) in [6.45, 7) is 3.36. The number of aryl methyl sites for hydroxylation is 1. The van der Waals surface area contributed by atoms with Crippen LogP contribution in [0.3, 0.4) is 0 Å². The van der Waals surface area contributed by atoms with E-state index in [2.05, 4.69) is 9.69 Å². The van der Waals surface area contributed by atoms with Crippen molar-refractivity contribution in [3.05, 3.63) is 52.4 Å². The quantitative estimate of drug-likeness (QED) is 0.386. The molecule has 12 nitrogen and oxygen atoms in total. The number of nitrogens with zero attached hydrogens (tertiary/aromatic N) is 2. The molecule has 1 aromatic carbocycles. The molecule has 2 aromatic heterocycles. The normalized spacial score (nSPS) is 17.1. The monoisotopic (exact) mass is 541 g/mol. The third-order valence-corrected chi connectivity index (χ3v) is 7.09. The van der Waals surface area contributed by atoms with Gasteiger partial charge in [0.15, 0.2) is 23.2 Å². The molecule has 4 heterocycles. The number of hydrogen-bond acceptors (Lipinski definition) is 10. The van der Waals surface area contributed by atoms with Gasteiger partial charge in [-0.25, -0.2) is 0 Å². The summed E-state index contributed by atoms with van der Waals surface area (Å²) in [5.41, 5.74) is 11.4. The van der Waals surface area contributed by atoms with Crippen molar-refractivity contribution in [2.45, 2.75) is 31.9 Å². The molecule has 3 amide bonds. The van der Waals surface area contributed by atoms with Gasteiger partial charge in [0.1, 0.15) is 29.6 Å². The molecular weight excluding hydrogens is 514 g/mol. The van der Waals surface area contributed by atoms with Crippen molar-refractivity contribution in [3.8, 4) is 11.5 Å². The number of amides is 3. The van der Waals surface area contributed by atoms with Gasteiger partial charge < -0.3 is 35.4 Å². The maximum Gasteiger partial charge on any atom is 0.273 e. The Hall–Kier alpha value is -4.10. The molecule has 5 rings (SSSR count). The van der Waals surface area contributed by atoms with E-state index >= 15 is 0 Å². The minimum absolute atomic E-state index is 0.0473. The molecule has 2 aliphatic heterocycles. The molecule has 0 radical (unpaired) electrons. The number of primary amides is 1. The zero-order valence-electron chi connectivity index (χ0n) is 20.6. The van der Waals surface area contributed by atoms with E-state index in [0.29, 0.717) is 42.8 Å². The van der Waals surface area contributed by atoms with E-state index in [-0.39, 0.29) is 34.7 Å². The molecule has 1 saturated heterocycles. The molecule has 2 atom stereocenters. The average molecular weight is 542 g/mol. The van der Waals surface area contributed by atoms with E-state index in [1.165, 1.54) is 4.90 Å². The third-order valence-electron chi connectivity index (χ3n) is 6.24.